The molecule has 0 atom stereocenters. The Kier molecular flexibility index (Phi) is 4.77. The van der Waals surface area contributed by atoms with E-state index < -0.39 is 0 Å². The fourth-order valence-electron chi connectivity index (χ4n) is 2.23. The van der Waals surface area contributed by atoms with Crippen LogP contribution in [0.2, 0.25) is 0 Å². The molecule has 1 N–H and O–H groups in total. The minimum Gasteiger partial charge on any atom is -0.354 e. The number of amides is 1. The van der Waals surface area contributed by atoms with E-state index in [9.17, 15) is 4.79 Å². The molecule has 0 saturated carbocycles. The molecule has 118 valence electrons. The van der Waals surface area contributed by atoms with Crippen molar-refractivity contribution in [3.63, 3.8) is 0 Å². The maximum Gasteiger partial charge on any atom is 0.243 e. The molecule has 2 aromatic heterocycles. The van der Waals surface area contributed by atoms with Gasteiger partial charge in [0.05, 0.1) is 0 Å². The van der Waals surface area contributed by atoms with Crippen molar-refractivity contribution in [3.8, 4) is 11.4 Å². The summed E-state index contributed by atoms with van der Waals surface area (Å²) < 4.78 is 0. The third-order valence-corrected chi connectivity index (χ3v) is 4.18. The number of nitrogens with zero attached hydrogens (tertiary/aromatic N) is 4. The van der Waals surface area contributed by atoms with Crippen LogP contribution in [0.15, 0.2) is 41.1 Å². The molecule has 1 amide bonds. The van der Waals surface area contributed by atoms with Crippen LogP contribution in [-0.2, 0) is 17.8 Å². The highest BCUT2D eigenvalue weighted by Gasteiger charge is 2.09. The molecular formula is C16H17N5OS. The highest BCUT2D eigenvalue weighted by molar-refractivity contribution is 7.08. The van der Waals surface area contributed by atoms with Crippen molar-refractivity contribution in [3.05, 3.63) is 52.2 Å². The number of hydrogen-bond acceptors (Lipinski definition) is 5. The van der Waals surface area contributed by atoms with E-state index >= 15 is 0 Å². The van der Waals surface area contributed by atoms with Gasteiger partial charge in [0.1, 0.15) is 6.54 Å². The topological polar surface area (TPSA) is 72.7 Å². The smallest absolute Gasteiger partial charge is 0.243 e. The second-order valence-corrected chi connectivity index (χ2v) is 5.96. The molecule has 0 bridgehead atoms. The Bertz CT molecular complexity index is 781. The Morgan fingerprint density at radius 2 is 2.17 bits per heavy atom. The molecule has 3 rings (SSSR count). The van der Waals surface area contributed by atoms with Gasteiger partial charge in [-0.1, -0.05) is 24.3 Å². The van der Waals surface area contributed by atoms with Crippen LogP contribution in [-0.4, -0.2) is 32.7 Å². The van der Waals surface area contributed by atoms with E-state index in [1.54, 1.807) is 11.3 Å². The summed E-state index contributed by atoms with van der Waals surface area (Å²) >= 11 is 1.57. The summed E-state index contributed by atoms with van der Waals surface area (Å²) in [4.78, 5) is 13.3. The van der Waals surface area contributed by atoms with Gasteiger partial charge in [-0.25, -0.2) is 0 Å². The number of aryl methyl sites for hydroxylation is 1. The predicted octanol–water partition coefficient (Wildman–Crippen LogP) is 2.07. The fraction of sp³-hybridized carbons (Fsp3) is 0.250. The minimum atomic E-state index is -0.118. The van der Waals surface area contributed by atoms with Gasteiger partial charge in [0.25, 0.3) is 0 Å². The van der Waals surface area contributed by atoms with Crippen LogP contribution in [0.4, 0.5) is 0 Å². The third-order valence-electron chi connectivity index (χ3n) is 3.50. The second-order valence-electron chi connectivity index (χ2n) is 5.18. The normalized spacial score (nSPS) is 10.7. The molecule has 3 aromatic rings. The van der Waals surface area contributed by atoms with Gasteiger partial charge in [0.15, 0.2) is 0 Å². The van der Waals surface area contributed by atoms with Crippen LogP contribution >= 0.6 is 11.3 Å². The zero-order chi connectivity index (χ0) is 16.1. The van der Waals surface area contributed by atoms with E-state index in [4.69, 9.17) is 0 Å². The van der Waals surface area contributed by atoms with Crippen molar-refractivity contribution in [2.45, 2.75) is 19.9 Å². The number of carbonyl (C=O) groups is 1. The highest BCUT2D eigenvalue weighted by atomic mass is 32.1. The van der Waals surface area contributed by atoms with Crippen molar-refractivity contribution in [1.29, 1.82) is 0 Å². The Hall–Kier alpha value is -2.54. The molecule has 2 heterocycles. The van der Waals surface area contributed by atoms with Crippen LogP contribution in [0.25, 0.3) is 11.4 Å². The highest BCUT2D eigenvalue weighted by Crippen LogP contribution is 2.16. The van der Waals surface area contributed by atoms with Gasteiger partial charge in [-0.3, -0.25) is 4.79 Å². The van der Waals surface area contributed by atoms with Crippen molar-refractivity contribution in [2.24, 2.45) is 0 Å². The van der Waals surface area contributed by atoms with Gasteiger partial charge < -0.3 is 5.32 Å². The average molecular weight is 327 g/mol. The largest absolute Gasteiger partial charge is 0.354 e. The first-order chi connectivity index (χ1) is 11.2. The molecule has 23 heavy (non-hydrogen) atoms. The Balaban J connectivity index is 1.49. The van der Waals surface area contributed by atoms with E-state index in [-0.39, 0.29) is 12.5 Å². The van der Waals surface area contributed by atoms with Crippen LogP contribution < -0.4 is 5.32 Å². The monoisotopic (exact) mass is 327 g/mol. The number of benzene rings is 1. The predicted molar refractivity (Wildman–Crippen MR) is 89.0 cm³/mol. The van der Waals surface area contributed by atoms with Gasteiger partial charge in [-0.2, -0.15) is 16.1 Å². The zero-order valence-electron chi connectivity index (χ0n) is 12.8. The van der Waals surface area contributed by atoms with Gasteiger partial charge in [0, 0.05) is 17.5 Å². The lowest BCUT2D eigenvalue weighted by Crippen LogP contribution is -2.30. The number of rotatable bonds is 6. The van der Waals surface area contributed by atoms with Gasteiger partial charge in [0.2, 0.25) is 11.7 Å². The molecular weight excluding hydrogens is 310 g/mol. The summed E-state index contributed by atoms with van der Waals surface area (Å²) in [5.74, 6) is 0.423. The molecule has 1 aromatic carbocycles. The SMILES string of the molecule is Cc1ccccc1CCNC(=O)Cn1nnc(-c2ccsc2)n1. The summed E-state index contributed by atoms with van der Waals surface area (Å²) in [6.07, 6.45) is 0.809. The maximum absolute atomic E-state index is 11.9. The summed E-state index contributed by atoms with van der Waals surface area (Å²) in [6, 6.07) is 10.1. The van der Waals surface area contributed by atoms with Crippen LogP contribution in [0, 0.1) is 6.92 Å². The van der Waals surface area contributed by atoms with Crippen LogP contribution in [0.3, 0.4) is 0 Å². The van der Waals surface area contributed by atoms with Crippen molar-refractivity contribution >= 4 is 17.2 Å². The molecule has 0 fully saturated rings. The minimum absolute atomic E-state index is 0.0743. The standard InChI is InChI=1S/C16H17N5OS/c1-12-4-2-3-5-13(12)6-8-17-15(22)10-21-19-16(18-20-21)14-7-9-23-11-14/h2-5,7,9,11H,6,8,10H2,1H3,(H,17,22). The molecule has 7 heteroatoms. The lowest BCUT2D eigenvalue weighted by Gasteiger charge is -2.07. The number of carbonyl (C=O) groups excluding carboxylic acids is 1. The summed E-state index contributed by atoms with van der Waals surface area (Å²) in [6.45, 7) is 2.74. The average Bonchev–Trinajstić information content (AvgIpc) is 3.20. The number of aromatic nitrogens is 4. The second kappa shape index (κ2) is 7.15. The first-order valence-electron chi connectivity index (χ1n) is 7.34. The quantitative estimate of drug-likeness (QED) is 0.752. The fourth-order valence-corrected chi connectivity index (χ4v) is 2.86. The summed E-state index contributed by atoms with van der Waals surface area (Å²) in [5.41, 5.74) is 3.40. The van der Waals surface area contributed by atoms with E-state index in [0.29, 0.717) is 12.4 Å². The first kappa shape index (κ1) is 15.4. The number of thiophene rings is 1. The number of tetrazole rings is 1. The zero-order valence-corrected chi connectivity index (χ0v) is 13.6. The van der Waals surface area contributed by atoms with E-state index in [2.05, 4.69) is 39.8 Å². The van der Waals surface area contributed by atoms with Crippen molar-refractivity contribution in [1.82, 2.24) is 25.5 Å². The molecule has 0 unspecified atom stereocenters. The number of hydrogen-bond donors (Lipinski definition) is 1. The molecule has 0 saturated heterocycles. The Morgan fingerprint density at radius 1 is 1.30 bits per heavy atom. The Morgan fingerprint density at radius 3 is 2.96 bits per heavy atom. The van der Waals surface area contributed by atoms with Gasteiger partial charge in [-0.05, 0) is 41.1 Å². The van der Waals surface area contributed by atoms with Crippen LogP contribution in [0.5, 0.6) is 0 Å². The molecule has 0 aliphatic heterocycles. The lowest BCUT2D eigenvalue weighted by atomic mass is 10.1. The van der Waals surface area contributed by atoms with E-state index in [0.717, 1.165) is 12.0 Å². The molecule has 0 spiro atoms. The van der Waals surface area contributed by atoms with Crippen molar-refractivity contribution in [2.75, 3.05) is 6.54 Å². The lowest BCUT2D eigenvalue weighted by molar-refractivity contribution is -0.122. The summed E-state index contributed by atoms with van der Waals surface area (Å²) in [7, 11) is 0. The van der Waals surface area contributed by atoms with Gasteiger partial charge in [-0.15, -0.1) is 10.2 Å². The van der Waals surface area contributed by atoms with E-state index in [1.165, 1.54) is 15.9 Å². The van der Waals surface area contributed by atoms with E-state index in [1.807, 2.05) is 29.0 Å². The molecule has 0 radical (unpaired) electrons. The maximum atomic E-state index is 11.9. The molecule has 0 aliphatic carbocycles. The molecule has 6 nitrogen and oxygen atoms in total. The number of nitrogens with one attached hydrogen (secondary N) is 1. The molecule has 0 aliphatic rings. The van der Waals surface area contributed by atoms with Crippen molar-refractivity contribution < 1.29 is 4.79 Å². The first-order valence-corrected chi connectivity index (χ1v) is 8.28. The summed E-state index contributed by atoms with van der Waals surface area (Å²) in [5, 5.41) is 18.9. The Labute approximate surface area is 138 Å². The third kappa shape index (κ3) is 4.01. The van der Waals surface area contributed by atoms with Gasteiger partial charge >= 0.3 is 0 Å². The van der Waals surface area contributed by atoms with Crippen LogP contribution in [0.1, 0.15) is 11.1 Å².